The molecule has 1 heterocycles. The van der Waals surface area contributed by atoms with Crippen molar-refractivity contribution in [2.24, 2.45) is 5.73 Å². The molecule has 19 heavy (non-hydrogen) atoms. The van der Waals surface area contributed by atoms with E-state index in [1.807, 2.05) is 25.1 Å². The molecule has 1 atom stereocenters. The molecule has 1 aromatic carbocycles. The van der Waals surface area contributed by atoms with E-state index in [1.54, 1.807) is 18.0 Å². The minimum Gasteiger partial charge on any atom is -0.383 e. The standard InChI is InChI=1S/C14H16BrN3S/c1-9-6-7-18-14(17)13(9)12(16)8-19-11-4-2-10(15)3-5-11/h2-7,12H,8,16H2,1H3,(H2,17,18). The molecule has 0 aliphatic heterocycles. The fourth-order valence-corrected chi connectivity index (χ4v) is 3.00. The van der Waals surface area contributed by atoms with Crippen molar-refractivity contribution in [1.29, 1.82) is 0 Å². The minimum absolute atomic E-state index is 0.109. The first-order chi connectivity index (χ1) is 9.08. The third kappa shape index (κ3) is 3.72. The number of nitrogens with zero attached hydrogens (tertiary/aromatic N) is 1. The molecule has 4 N–H and O–H groups in total. The van der Waals surface area contributed by atoms with Gasteiger partial charge in [-0.3, -0.25) is 0 Å². The highest BCUT2D eigenvalue weighted by molar-refractivity contribution is 9.10. The maximum Gasteiger partial charge on any atom is 0.128 e. The minimum atomic E-state index is -0.109. The van der Waals surface area contributed by atoms with Crippen LogP contribution in [0.2, 0.25) is 0 Å². The average Bonchev–Trinajstić information content (AvgIpc) is 2.38. The van der Waals surface area contributed by atoms with E-state index in [4.69, 9.17) is 11.5 Å². The Labute approximate surface area is 125 Å². The molecule has 100 valence electrons. The van der Waals surface area contributed by atoms with Gasteiger partial charge in [-0.1, -0.05) is 15.9 Å². The summed E-state index contributed by atoms with van der Waals surface area (Å²) < 4.78 is 1.08. The van der Waals surface area contributed by atoms with Crippen LogP contribution in [0.4, 0.5) is 5.82 Å². The summed E-state index contributed by atoms with van der Waals surface area (Å²) in [5.41, 5.74) is 14.2. The maximum absolute atomic E-state index is 6.22. The van der Waals surface area contributed by atoms with Gasteiger partial charge in [0.1, 0.15) is 5.82 Å². The molecule has 0 aliphatic carbocycles. The van der Waals surface area contributed by atoms with Crippen LogP contribution in [0.3, 0.4) is 0 Å². The number of nitrogen functional groups attached to an aromatic ring is 1. The van der Waals surface area contributed by atoms with E-state index in [2.05, 4.69) is 33.0 Å². The fraction of sp³-hybridized carbons (Fsp3) is 0.214. The number of anilines is 1. The third-order valence-corrected chi connectivity index (χ3v) is 4.51. The summed E-state index contributed by atoms with van der Waals surface area (Å²) in [7, 11) is 0. The lowest BCUT2D eigenvalue weighted by Crippen LogP contribution is -2.17. The Morgan fingerprint density at radius 3 is 2.58 bits per heavy atom. The lowest BCUT2D eigenvalue weighted by atomic mass is 10.1. The quantitative estimate of drug-likeness (QED) is 0.837. The Morgan fingerprint density at radius 1 is 1.26 bits per heavy atom. The van der Waals surface area contributed by atoms with Crippen molar-refractivity contribution in [1.82, 2.24) is 4.98 Å². The van der Waals surface area contributed by atoms with E-state index in [0.29, 0.717) is 5.82 Å². The Bertz CT molecular complexity index is 537. The van der Waals surface area contributed by atoms with Crippen molar-refractivity contribution in [2.45, 2.75) is 17.9 Å². The van der Waals surface area contributed by atoms with Crippen LogP contribution in [0.5, 0.6) is 0 Å². The number of nitrogens with two attached hydrogens (primary N) is 2. The van der Waals surface area contributed by atoms with Crippen LogP contribution < -0.4 is 11.5 Å². The molecule has 0 saturated carbocycles. The molecule has 5 heteroatoms. The van der Waals surface area contributed by atoms with Crippen LogP contribution >= 0.6 is 27.7 Å². The Balaban J connectivity index is 2.05. The van der Waals surface area contributed by atoms with E-state index in [1.165, 1.54) is 4.90 Å². The van der Waals surface area contributed by atoms with Gasteiger partial charge in [-0.05, 0) is 42.8 Å². The molecule has 0 saturated heterocycles. The van der Waals surface area contributed by atoms with Crippen molar-refractivity contribution in [3.63, 3.8) is 0 Å². The number of rotatable bonds is 4. The number of thioether (sulfide) groups is 1. The highest BCUT2D eigenvalue weighted by Crippen LogP contribution is 2.28. The summed E-state index contributed by atoms with van der Waals surface area (Å²) in [6.45, 7) is 2.01. The monoisotopic (exact) mass is 337 g/mol. The van der Waals surface area contributed by atoms with Gasteiger partial charge < -0.3 is 11.5 Å². The van der Waals surface area contributed by atoms with E-state index in [0.717, 1.165) is 21.4 Å². The van der Waals surface area contributed by atoms with Crippen molar-refractivity contribution in [3.05, 3.63) is 52.1 Å². The second-order valence-electron chi connectivity index (χ2n) is 4.30. The molecule has 2 aromatic rings. The van der Waals surface area contributed by atoms with Gasteiger partial charge >= 0.3 is 0 Å². The normalized spacial score (nSPS) is 12.4. The summed E-state index contributed by atoms with van der Waals surface area (Å²) in [6.07, 6.45) is 1.71. The number of hydrogen-bond acceptors (Lipinski definition) is 4. The first kappa shape index (κ1) is 14.4. The first-order valence-corrected chi connectivity index (χ1v) is 7.70. The van der Waals surface area contributed by atoms with E-state index in [-0.39, 0.29) is 6.04 Å². The zero-order valence-electron chi connectivity index (χ0n) is 10.6. The molecule has 0 fully saturated rings. The highest BCUT2D eigenvalue weighted by atomic mass is 79.9. The van der Waals surface area contributed by atoms with Gasteiger partial charge in [0.2, 0.25) is 0 Å². The SMILES string of the molecule is Cc1ccnc(N)c1C(N)CSc1ccc(Br)cc1. The highest BCUT2D eigenvalue weighted by Gasteiger charge is 2.13. The number of hydrogen-bond donors (Lipinski definition) is 2. The molecule has 3 nitrogen and oxygen atoms in total. The van der Waals surface area contributed by atoms with E-state index >= 15 is 0 Å². The maximum atomic E-state index is 6.22. The molecular formula is C14H16BrN3S. The molecule has 0 aliphatic rings. The fourth-order valence-electron chi connectivity index (χ4n) is 1.87. The largest absolute Gasteiger partial charge is 0.383 e. The zero-order chi connectivity index (χ0) is 13.8. The molecule has 0 spiro atoms. The summed E-state index contributed by atoms with van der Waals surface area (Å²) in [6, 6.07) is 10.0. The average molecular weight is 338 g/mol. The Hall–Kier alpha value is -1.04. The predicted molar refractivity (Wildman–Crippen MR) is 85.2 cm³/mol. The van der Waals surface area contributed by atoms with Gasteiger partial charge in [0, 0.05) is 32.9 Å². The van der Waals surface area contributed by atoms with Crippen LogP contribution in [0.1, 0.15) is 17.2 Å². The number of pyridine rings is 1. The lowest BCUT2D eigenvalue weighted by Gasteiger charge is -2.16. The van der Waals surface area contributed by atoms with Crippen molar-refractivity contribution < 1.29 is 0 Å². The second-order valence-corrected chi connectivity index (χ2v) is 6.31. The van der Waals surface area contributed by atoms with Crippen LogP contribution in [-0.4, -0.2) is 10.7 Å². The second kappa shape index (κ2) is 6.41. The molecule has 0 amide bonds. The van der Waals surface area contributed by atoms with Gasteiger partial charge in [-0.15, -0.1) is 11.8 Å². The number of aryl methyl sites for hydroxylation is 1. The summed E-state index contributed by atoms with van der Waals surface area (Å²) in [5, 5.41) is 0. The van der Waals surface area contributed by atoms with Gasteiger partial charge in [-0.2, -0.15) is 0 Å². The molecular weight excluding hydrogens is 322 g/mol. The number of halogens is 1. The van der Waals surface area contributed by atoms with Crippen LogP contribution in [0.25, 0.3) is 0 Å². The lowest BCUT2D eigenvalue weighted by molar-refractivity contribution is 0.819. The zero-order valence-corrected chi connectivity index (χ0v) is 13.0. The molecule has 1 aromatic heterocycles. The number of aromatic nitrogens is 1. The topological polar surface area (TPSA) is 64.9 Å². The van der Waals surface area contributed by atoms with Gasteiger partial charge in [-0.25, -0.2) is 4.98 Å². The third-order valence-electron chi connectivity index (χ3n) is 2.85. The van der Waals surface area contributed by atoms with E-state index in [9.17, 15) is 0 Å². The van der Waals surface area contributed by atoms with Crippen molar-refractivity contribution in [2.75, 3.05) is 11.5 Å². The van der Waals surface area contributed by atoms with Gasteiger partial charge in [0.05, 0.1) is 0 Å². The summed E-state index contributed by atoms with van der Waals surface area (Å²) in [5.74, 6) is 1.31. The van der Waals surface area contributed by atoms with Crippen LogP contribution in [0, 0.1) is 6.92 Å². The molecule has 0 radical (unpaired) electrons. The molecule has 0 bridgehead atoms. The molecule has 2 rings (SSSR count). The van der Waals surface area contributed by atoms with Crippen LogP contribution in [0.15, 0.2) is 45.9 Å². The smallest absolute Gasteiger partial charge is 0.128 e. The summed E-state index contributed by atoms with van der Waals surface area (Å²) in [4.78, 5) is 5.30. The van der Waals surface area contributed by atoms with E-state index < -0.39 is 0 Å². The van der Waals surface area contributed by atoms with Crippen molar-refractivity contribution >= 4 is 33.5 Å². The Morgan fingerprint density at radius 2 is 1.95 bits per heavy atom. The molecule has 1 unspecified atom stereocenters. The predicted octanol–water partition coefficient (Wildman–Crippen LogP) is 3.53. The summed E-state index contributed by atoms with van der Waals surface area (Å²) >= 11 is 5.14. The van der Waals surface area contributed by atoms with Gasteiger partial charge in [0.25, 0.3) is 0 Å². The number of benzene rings is 1. The first-order valence-electron chi connectivity index (χ1n) is 5.93. The van der Waals surface area contributed by atoms with Crippen molar-refractivity contribution in [3.8, 4) is 0 Å². The Kier molecular flexibility index (Phi) is 4.85. The van der Waals surface area contributed by atoms with Crippen LogP contribution in [-0.2, 0) is 0 Å². The van der Waals surface area contributed by atoms with Gasteiger partial charge in [0.15, 0.2) is 0 Å².